The van der Waals surface area contributed by atoms with E-state index in [-0.39, 0.29) is 25.7 Å². The van der Waals surface area contributed by atoms with Gasteiger partial charge in [-0.05, 0) is 37.5 Å². The molecular weight excluding hydrogens is 1310 g/mol. The van der Waals surface area contributed by atoms with Crippen molar-refractivity contribution in [2.24, 2.45) is 11.8 Å². The molecule has 0 rings (SSSR count). The van der Waals surface area contributed by atoms with E-state index in [1.165, 1.54) is 238 Å². The Morgan fingerprint density at radius 1 is 0.290 bits per heavy atom. The zero-order valence-corrected chi connectivity index (χ0v) is 67.3. The molecule has 0 aromatic rings. The summed E-state index contributed by atoms with van der Waals surface area (Å²) in [6, 6.07) is 0. The number of phosphoric acid groups is 2. The molecule has 3 N–H and O–H groups in total. The van der Waals surface area contributed by atoms with Gasteiger partial charge in [0.1, 0.15) is 19.3 Å². The van der Waals surface area contributed by atoms with Crippen molar-refractivity contribution >= 4 is 39.5 Å². The average Bonchev–Trinajstić information content (AvgIpc) is 0.911. The molecule has 6 atom stereocenters. The summed E-state index contributed by atoms with van der Waals surface area (Å²) in [7, 11) is -9.91. The van der Waals surface area contributed by atoms with Crippen LogP contribution in [0.1, 0.15) is 427 Å². The molecule has 0 saturated carbocycles. The van der Waals surface area contributed by atoms with Gasteiger partial charge in [-0.15, -0.1) is 0 Å². The summed E-state index contributed by atoms with van der Waals surface area (Å²) in [6.07, 6.45) is 62.5. The number of aliphatic hydroxyl groups excluding tert-OH is 1. The quantitative estimate of drug-likeness (QED) is 0.0222. The lowest BCUT2D eigenvalue weighted by Crippen LogP contribution is -2.30. The minimum Gasteiger partial charge on any atom is -0.462 e. The Labute approximate surface area is 613 Å². The molecule has 0 aliphatic rings. The number of carbonyl (C=O) groups excluding carboxylic acids is 4. The third kappa shape index (κ3) is 73.0. The molecule has 3 unspecified atom stereocenters. The summed E-state index contributed by atoms with van der Waals surface area (Å²) in [5, 5.41) is 10.6. The highest BCUT2D eigenvalue weighted by Crippen LogP contribution is 2.45. The number of hydrogen-bond acceptors (Lipinski definition) is 15. The van der Waals surface area contributed by atoms with Crippen LogP contribution in [-0.4, -0.2) is 96.7 Å². The minimum atomic E-state index is -4.96. The fraction of sp³-hybridized carbons (Fsp3) is 0.951. The van der Waals surface area contributed by atoms with Crippen LogP contribution in [0, 0.1) is 11.8 Å². The molecule has 0 heterocycles. The highest BCUT2D eigenvalue weighted by Gasteiger charge is 2.30. The van der Waals surface area contributed by atoms with Crippen LogP contribution in [0.15, 0.2) is 0 Å². The summed E-state index contributed by atoms with van der Waals surface area (Å²) in [4.78, 5) is 72.9. The number of aliphatic hydroxyl groups is 1. The Hall–Kier alpha value is -1.94. The molecule has 0 radical (unpaired) electrons. The maximum atomic E-state index is 13.1. The van der Waals surface area contributed by atoms with Gasteiger partial charge in [0.2, 0.25) is 0 Å². The summed E-state index contributed by atoms with van der Waals surface area (Å²) < 4.78 is 68.6. The molecule has 0 aromatic heterocycles. The Bertz CT molecular complexity index is 1930. The predicted molar refractivity (Wildman–Crippen MR) is 409 cm³/mol. The van der Waals surface area contributed by atoms with Gasteiger partial charge in [-0.3, -0.25) is 37.3 Å². The van der Waals surface area contributed by atoms with Crippen LogP contribution in [-0.2, 0) is 65.4 Å². The smallest absolute Gasteiger partial charge is 0.462 e. The first-order chi connectivity index (χ1) is 48.4. The number of hydrogen-bond donors (Lipinski definition) is 3. The molecule has 17 nitrogen and oxygen atoms in total. The Morgan fingerprint density at radius 3 is 0.760 bits per heavy atom. The van der Waals surface area contributed by atoms with E-state index >= 15 is 0 Å². The Morgan fingerprint density at radius 2 is 0.510 bits per heavy atom. The second-order valence-electron chi connectivity index (χ2n) is 29.9. The van der Waals surface area contributed by atoms with E-state index in [9.17, 15) is 43.2 Å². The lowest BCUT2D eigenvalue weighted by Gasteiger charge is -2.21. The van der Waals surface area contributed by atoms with Crippen LogP contribution >= 0.6 is 15.6 Å². The zero-order chi connectivity index (χ0) is 73.5. The Kier molecular flexibility index (Phi) is 71.2. The summed E-state index contributed by atoms with van der Waals surface area (Å²) >= 11 is 0. The first-order valence-corrected chi connectivity index (χ1v) is 45.0. The van der Waals surface area contributed by atoms with Crippen molar-refractivity contribution in [3.05, 3.63) is 0 Å². The number of unbranched alkanes of at least 4 members (excludes halogenated alkanes) is 49. The number of rotatable bonds is 80. The summed E-state index contributed by atoms with van der Waals surface area (Å²) in [5.74, 6) is -0.474. The van der Waals surface area contributed by atoms with E-state index in [0.717, 1.165) is 108 Å². The van der Waals surface area contributed by atoms with Crippen LogP contribution in [0.3, 0.4) is 0 Å². The van der Waals surface area contributed by atoms with Crippen LogP contribution in [0.25, 0.3) is 0 Å². The van der Waals surface area contributed by atoms with E-state index in [0.29, 0.717) is 25.7 Å². The topological polar surface area (TPSA) is 237 Å². The first-order valence-electron chi connectivity index (χ1n) is 42.0. The normalized spacial score (nSPS) is 14.2. The predicted octanol–water partition coefficient (Wildman–Crippen LogP) is 24.3. The number of esters is 4. The van der Waals surface area contributed by atoms with Crippen molar-refractivity contribution in [2.75, 3.05) is 39.6 Å². The van der Waals surface area contributed by atoms with Gasteiger partial charge in [0, 0.05) is 25.7 Å². The molecule has 0 amide bonds. The molecule has 0 aliphatic heterocycles. The SMILES string of the molecule is CCCCCCCCCCCCCCCCCCC(=O)OC[C@H](COP(=O)(O)OC[C@@H](O)COP(=O)(O)OC[C@@H](COC(=O)CCCCCCCCCC)OC(=O)CCCCCCCCCCCCCC(C)C)OC(=O)CCCCCCCCCCCCCCCCCCCCC(C)CC. The monoisotopic (exact) mass is 1470 g/mol. The van der Waals surface area contributed by atoms with E-state index in [1.807, 2.05) is 0 Å². The van der Waals surface area contributed by atoms with Crippen molar-refractivity contribution in [2.45, 2.75) is 445 Å². The van der Waals surface area contributed by atoms with Crippen molar-refractivity contribution in [3.63, 3.8) is 0 Å². The molecule has 100 heavy (non-hydrogen) atoms. The first kappa shape index (κ1) is 98.1. The van der Waals surface area contributed by atoms with Crippen LogP contribution < -0.4 is 0 Å². The largest absolute Gasteiger partial charge is 0.472 e. The van der Waals surface area contributed by atoms with Gasteiger partial charge in [0.25, 0.3) is 0 Å². The summed E-state index contributed by atoms with van der Waals surface area (Å²) in [6.45, 7) is 9.67. The molecule has 0 saturated heterocycles. The van der Waals surface area contributed by atoms with Gasteiger partial charge in [-0.25, -0.2) is 9.13 Å². The maximum absolute atomic E-state index is 13.1. The van der Waals surface area contributed by atoms with Gasteiger partial charge in [-0.2, -0.15) is 0 Å². The second-order valence-corrected chi connectivity index (χ2v) is 32.8. The molecule has 19 heteroatoms. The summed E-state index contributed by atoms with van der Waals surface area (Å²) in [5.41, 5.74) is 0. The molecule has 0 aliphatic carbocycles. The molecule has 0 fully saturated rings. The lowest BCUT2D eigenvalue weighted by atomic mass is 9.99. The number of carbonyl (C=O) groups is 4. The van der Waals surface area contributed by atoms with Crippen LogP contribution in [0.2, 0.25) is 0 Å². The fourth-order valence-electron chi connectivity index (χ4n) is 12.5. The van der Waals surface area contributed by atoms with E-state index < -0.39 is 97.5 Å². The third-order valence-corrected chi connectivity index (χ3v) is 21.2. The fourth-order valence-corrected chi connectivity index (χ4v) is 14.1. The zero-order valence-electron chi connectivity index (χ0n) is 65.5. The van der Waals surface area contributed by atoms with E-state index in [1.54, 1.807) is 0 Å². The van der Waals surface area contributed by atoms with Crippen molar-refractivity contribution in [1.82, 2.24) is 0 Å². The standard InChI is InChI=1S/C81H158O17P2/c1-7-10-12-14-16-18-19-20-21-27-30-35-40-46-52-58-64-79(84)92-70-77(98-80(85)65-59-53-47-41-36-31-28-25-23-22-24-26-29-34-39-44-50-56-62-74(6)9-3)72-96-100(89,90)94-68-75(82)67-93-99(87,88)95-71-76(69-91-78(83)63-57-51-45-17-15-13-11-8-2)97-81(86)66-60-54-48-42-37-32-33-38-43-49-55-61-73(4)5/h73-77,82H,7-72H2,1-6H3,(H,87,88)(H,89,90)/t74?,75-,76+,77+/m0/s1. The Balaban J connectivity index is 5.18. The lowest BCUT2D eigenvalue weighted by molar-refractivity contribution is -0.161. The molecule has 0 spiro atoms. The molecular formula is C81H158O17P2. The molecule has 594 valence electrons. The third-order valence-electron chi connectivity index (χ3n) is 19.3. The highest BCUT2D eigenvalue weighted by molar-refractivity contribution is 7.47. The number of ether oxygens (including phenoxy) is 4. The van der Waals surface area contributed by atoms with Gasteiger partial charge >= 0.3 is 39.5 Å². The van der Waals surface area contributed by atoms with E-state index in [2.05, 4.69) is 41.5 Å². The van der Waals surface area contributed by atoms with Crippen molar-refractivity contribution < 1.29 is 80.2 Å². The van der Waals surface area contributed by atoms with Crippen molar-refractivity contribution in [3.8, 4) is 0 Å². The maximum Gasteiger partial charge on any atom is 0.472 e. The second kappa shape index (κ2) is 72.6. The average molecular weight is 1470 g/mol. The van der Waals surface area contributed by atoms with Gasteiger partial charge in [-0.1, -0.05) is 375 Å². The van der Waals surface area contributed by atoms with Crippen LogP contribution in [0.5, 0.6) is 0 Å². The molecule has 0 bridgehead atoms. The van der Waals surface area contributed by atoms with Crippen molar-refractivity contribution in [1.29, 1.82) is 0 Å². The van der Waals surface area contributed by atoms with E-state index in [4.69, 9.17) is 37.0 Å². The van der Waals surface area contributed by atoms with Gasteiger partial charge in [0.05, 0.1) is 26.4 Å². The van der Waals surface area contributed by atoms with Crippen LogP contribution in [0.4, 0.5) is 0 Å². The highest BCUT2D eigenvalue weighted by atomic mass is 31.2. The van der Waals surface area contributed by atoms with Gasteiger partial charge in [0.15, 0.2) is 12.2 Å². The molecule has 0 aromatic carbocycles. The minimum absolute atomic E-state index is 0.107. The van der Waals surface area contributed by atoms with Gasteiger partial charge < -0.3 is 33.8 Å². The number of phosphoric ester groups is 2.